The topological polar surface area (TPSA) is 21.3 Å². The van der Waals surface area contributed by atoms with Crippen LogP contribution in [0.4, 0.5) is 0 Å². The van der Waals surface area contributed by atoms with Crippen LogP contribution in [0.25, 0.3) is 0 Å². The molecule has 118 valence electrons. The molecule has 2 rings (SSSR count). The highest BCUT2D eigenvalue weighted by Crippen LogP contribution is 2.22. The van der Waals surface area contributed by atoms with Gasteiger partial charge in [-0.25, -0.2) is 0 Å². The zero-order chi connectivity index (χ0) is 15.9. The molecule has 2 nitrogen and oxygen atoms in total. The summed E-state index contributed by atoms with van der Waals surface area (Å²) in [4.78, 5) is 0. The van der Waals surface area contributed by atoms with E-state index in [1.807, 2.05) is 24.3 Å². The maximum Gasteiger partial charge on any atom is 0.119 e. The molecule has 0 radical (unpaired) electrons. The van der Waals surface area contributed by atoms with E-state index in [1.54, 1.807) is 6.07 Å². The largest absolute Gasteiger partial charge is 0.489 e. The van der Waals surface area contributed by atoms with E-state index in [0.29, 0.717) is 22.7 Å². The van der Waals surface area contributed by atoms with Crippen molar-refractivity contribution in [3.05, 3.63) is 63.6 Å². The lowest BCUT2D eigenvalue weighted by Crippen LogP contribution is -2.24. The first kappa shape index (κ1) is 17.1. The van der Waals surface area contributed by atoms with Crippen molar-refractivity contribution in [3.8, 4) is 5.75 Å². The Morgan fingerprint density at radius 2 is 1.82 bits per heavy atom. The van der Waals surface area contributed by atoms with Crippen molar-refractivity contribution in [2.75, 3.05) is 0 Å². The molecule has 0 unspecified atom stereocenters. The van der Waals surface area contributed by atoms with Crippen molar-refractivity contribution in [1.82, 2.24) is 5.32 Å². The lowest BCUT2D eigenvalue weighted by molar-refractivity contribution is 0.306. The van der Waals surface area contributed by atoms with E-state index in [4.69, 9.17) is 27.9 Å². The first-order valence-corrected chi connectivity index (χ1v) is 8.23. The van der Waals surface area contributed by atoms with Gasteiger partial charge in [0, 0.05) is 28.2 Å². The van der Waals surface area contributed by atoms with E-state index in [0.717, 1.165) is 24.3 Å². The number of ether oxygens (including phenoxy) is 1. The second-order valence-corrected chi connectivity index (χ2v) is 6.20. The molecule has 0 saturated heterocycles. The van der Waals surface area contributed by atoms with Crippen LogP contribution in [-0.2, 0) is 13.2 Å². The molecule has 0 aliphatic carbocycles. The van der Waals surface area contributed by atoms with Crippen LogP contribution >= 0.6 is 23.2 Å². The quantitative estimate of drug-likeness (QED) is 0.724. The molecular formula is C18H21Cl2NO. The molecule has 0 aromatic heterocycles. The van der Waals surface area contributed by atoms with Crippen molar-refractivity contribution in [3.63, 3.8) is 0 Å². The Bertz CT molecular complexity index is 599. The van der Waals surface area contributed by atoms with Crippen LogP contribution < -0.4 is 10.1 Å². The fourth-order valence-corrected chi connectivity index (χ4v) is 2.40. The average molecular weight is 338 g/mol. The molecule has 0 aliphatic heterocycles. The van der Waals surface area contributed by atoms with Crippen molar-refractivity contribution in [1.29, 1.82) is 0 Å². The van der Waals surface area contributed by atoms with Crippen LogP contribution in [-0.4, -0.2) is 6.04 Å². The standard InChI is InChI=1S/C18H21Cl2NO/c1-3-13(2)21-11-14-4-8-17(9-5-14)22-12-15-6-7-16(19)10-18(15)20/h4-10,13,21H,3,11-12H2,1-2H3/t13-/m0/s1. The van der Waals surface area contributed by atoms with E-state index >= 15 is 0 Å². The summed E-state index contributed by atoms with van der Waals surface area (Å²) >= 11 is 12.0. The zero-order valence-corrected chi connectivity index (χ0v) is 14.4. The Labute approximate surface area is 142 Å². The first-order chi connectivity index (χ1) is 10.6. The average Bonchev–Trinajstić information content (AvgIpc) is 2.52. The Morgan fingerprint density at radius 1 is 1.09 bits per heavy atom. The zero-order valence-electron chi connectivity index (χ0n) is 12.9. The molecule has 2 aromatic rings. The van der Waals surface area contributed by atoms with Crippen molar-refractivity contribution < 1.29 is 4.74 Å². The fourth-order valence-electron chi connectivity index (χ4n) is 1.94. The smallest absolute Gasteiger partial charge is 0.119 e. The van der Waals surface area contributed by atoms with E-state index in [9.17, 15) is 0 Å². The van der Waals surface area contributed by atoms with Crippen LogP contribution in [0, 0.1) is 0 Å². The molecule has 0 aliphatic rings. The molecule has 0 saturated carbocycles. The Morgan fingerprint density at radius 3 is 2.45 bits per heavy atom. The third kappa shape index (κ3) is 5.20. The number of benzene rings is 2. The van der Waals surface area contributed by atoms with Crippen molar-refractivity contribution >= 4 is 23.2 Å². The molecule has 22 heavy (non-hydrogen) atoms. The predicted molar refractivity (Wildman–Crippen MR) is 93.8 cm³/mol. The van der Waals surface area contributed by atoms with E-state index < -0.39 is 0 Å². The molecule has 1 N–H and O–H groups in total. The Kier molecular flexibility index (Phi) is 6.56. The highest BCUT2D eigenvalue weighted by molar-refractivity contribution is 6.35. The third-order valence-electron chi connectivity index (χ3n) is 3.60. The van der Waals surface area contributed by atoms with Crippen LogP contribution in [0.1, 0.15) is 31.4 Å². The molecule has 0 amide bonds. The van der Waals surface area contributed by atoms with Crippen molar-refractivity contribution in [2.45, 2.75) is 39.5 Å². The van der Waals surface area contributed by atoms with Gasteiger partial charge in [-0.1, -0.05) is 48.3 Å². The molecule has 1 atom stereocenters. The van der Waals surface area contributed by atoms with Gasteiger partial charge in [-0.3, -0.25) is 0 Å². The van der Waals surface area contributed by atoms with Gasteiger partial charge >= 0.3 is 0 Å². The highest BCUT2D eigenvalue weighted by Gasteiger charge is 2.03. The van der Waals surface area contributed by atoms with E-state index in [1.165, 1.54) is 5.56 Å². The molecule has 0 spiro atoms. The van der Waals surface area contributed by atoms with Crippen LogP contribution in [0.3, 0.4) is 0 Å². The maximum absolute atomic E-state index is 6.13. The molecule has 0 bridgehead atoms. The monoisotopic (exact) mass is 337 g/mol. The summed E-state index contributed by atoms with van der Waals surface area (Å²) in [5.41, 5.74) is 2.17. The molecule has 4 heteroatoms. The third-order valence-corrected chi connectivity index (χ3v) is 4.19. The van der Waals surface area contributed by atoms with E-state index in [-0.39, 0.29) is 0 Å². The molecule has 2 aromatic carbocycles. The van der Waals surface area contributed by atoms with Crippen LogP contribution in [0.15, 0.2) is 42.5 Å². The summed E-state index contributed by atoms with van der Waals surface area (Å²) in [5, 5.41) is 4.73. The highest BCUT2D eigenvalue weighted by atomic mass is 35.5. The van der Waals surface area contributed by atoms with Crippen LogP contribution in [0.5, 0.6) is 5.75 Å². The fraction of sp³-hybridized carbons (Fsp3) is 0.333. The minimum Gasteiger partial charge on any atom is -0.489 e. The lowest BCUT2D eigenvalue weighted by Gasteiger charge is -2.12. The van der Waals surface area contributed by atoms with Gasteiger partial charge in [0.2, 0.25) is 0 Å². The summed E-state index contributed by atoms with van der Waals surface area (Å²) in [5.74, 6) is 0.832. The maximum atomic E-state index is 6.13. The summed E-state index contributed by atoms with van der Waals surface area (Å²) in [6.07, 6.45) is 1.13. The molecule has 0 heterocycles. The summed E-state index contributed by atoms with van der Waals surface area (Å²) < 4.78 is 5.77. The minimum atomic E-state index is 0.431. The number of hydrogen-bond donors (Lipinski definition) is 1. The Hall–Kier alpha value is -1.22. The van der Waals surface area contributed by atoms with Crippen molar-refractivity contribution in [2.24, 2.45) is 0 Å². The molecule has 0 fully saturated rings. The lowest BCUT2D eigenvalue weighted by atomic mass is 10.2. The summed E-state index contributed by atoms with van der Waals surface area (Å²) in [7, 11) is 0. The van der Waals surface area contributed by atoms with Gasteiger partial charge in [0.15, 0.2) is 0 Å². The van der Waals surface area contributed by atoms with Crippen LogP contribution in [0.2, 0.25) is 10.0 Å². The summed E-state index contributed by atoms with van der Waals surface area (Å²) in [6, 6.07) is 14.1. The predicted octanol–water partition coefficient (Wildman–Crippen LogP) is 5.46. The first-order valence-electron chi connectivity index (χ1n) is 7.47. The number of halogens is 2. The van der Waals surface area contributed by atoms with Gasteiger partial charge in [-0.05, 0) is 43.2 Å². The number of rotatable bonds is 7. The van der Waals surface area contributed by atoms with Gasteiger partial charge in [0.05, 0.1) is 0 Å². The summed E-state index contributed by atoms with van der Waals surface area (Å²) in [6.45, 7) is 5.67. The van der Waals surface area contributed by atoms with Gasteiger partial charge < -0.3 is 10.1 Å². The van der Waals surface area contributed by atoms with E-state index in [2.05, 4.69) is 31.3 Å². The van der Waals surface area contributed by atoms with Gasteiger partial charge in [0.25, 0.3) is 0 Å². The van der Waals surface area contributed by atoms with Gasteiger partial charge in [-0.2, -0.15) is 0 Å². The second kappa shape index (κ2) is 8.42. The molecular weight excluding hydrogens is 317 g/mol. The second-order valence-electron chi connectivity index (χ2n) is 5.36. The van der Waals surface area contributed by atoms with Gasteiger partial charge in [0.1, 0.15) is 12.4 Å². The Balaban J connectivity index is 1.88. The minimum absolute atomic E-state index is 0.431. The SMILES string of the molecule is CC[C@H](C)NCc1ccc(OCc2ccc(Cl)cc2Cl)cc1. The number of nitrogens with one attached hydrogen (secondary N) is 1. The number of hydrogen-bond acceptors (Lipinski definition) is 2. The van der Waals surface area contributed by atoms with Gasteiger partial charge in [-0.15, -0.1) is 0 Å². The normalized spacial score (nSPS) is 12.2.